The van der Waals surface area contributed by atoms with E-state index in [-0.39, 0.29) is 17.2 Å². The van der Waals surface area contributed by atoms with Gasteiger partial charge in [-0.2, -0.15) is 0 Å². The van der Waals surface area contributed by atoms with E-state index in [9.17, 15) is 9.90 Å². The third-order valence-corrected chi connectivity index (χ3v) is 8.76. The maximum atomic E-state index is 13.6. The number of carbonyl (C=O) groups excluding carboxylic acids is 1. The Morgan fingerprint density at radius 1 is 1.06 bits per heavy atom. The number of nitrogens with one attached hydrogen (secondary N) is 2. The average molecular weight is 450 g/mol. The molecule has 34 heavy (non-hydrogen) atoms. The van der Waals surface area contributed by atoms with Crippen LogP contribution in [-0.4, -0.2) is 39.0 Å². The van der Waals surface area contributed by atoms with Crippen molar-refractivity contribution in [3.63, 3.8) is 0 Å². The molecule has 170 valence electrons. The molecule has 3 aliphatic rings. The highest BCUT2D eigenvalue weighted by atomic mass is 16.3. The summed E-state index contributed by atoms with van der Waals surface area (Å²) in [5.74, 6) is -0.0911. The number of carbonyl (C=O) groups is 1. The zero-order chi connectivity index (χ0) is 23.1. The molecule has 2 aromatic heterocycles. The number of hydrogen-bond acceptors (Lipinski definition) is 4. The third-order valence-electron chi connectivity index (χ3n) is 8.76. The van der Waals surface area contributed by atoms with Crippen LogP contribution in [0, 0.1) is 6.92 Å². The van der Waals surface area contributed by atoms with E-state index in [1.54, 1.807) is 0 Å². The van der Waals surface area contributed by atoms with Crippen LogP contribution in [0.3, 0.4) is 0 Å². The predicted molar refractivity (Wildman–Crippen MR) is 131 cm³/mol. The zero-order valence-corrected chi connectivity index (χ0v) is 19.2. The lowest BCUT2D eigenvalue weighted by Gasteiger charge is -2.60. The van der Waals surface area contributed by atoms with Crippen molar-refractivity contribution in [1.29, 1.82) is 0 Å². The van der Waals surface area contributed by atoms with Crippen LogP contribution in [0.25, 0.3) is 10.9 Å². The molecule has 0 saturated carbocycles. The molecule has 3 N–H and O–H groups in total. The molecule has 0 radical (unpaired) electrons. The van der Waals surface area contributed by atoms with Gasteiger partial charge in [-0.15, -0.1) is 0 Å². The second kappa shape index (κ2) is 6.87. The van der Waals surface area contributed by atoms with Gasteiger partial charge in [-0.05, 0) is 60.7 Å². The van der Waals surface area contributed by atoms with E-state index in [0.29, 0.717) is 24.2 Å². The summed E-state index contributed by atoms with van der Waals surface area (Å²) < 4.78 is 0. The molecule has 7 rings (SSSR count). The number of para-hydroxylation sites is 1. The number of hydrogen-bond donors (Lipinski definition) is 3. The van der Waals surface area contributed by atoms with Gasteiger partial charge in [0.25, 0.3) is 0 Å². The molecule has 0 spiro atoms. The van der Waals surface area contributed by atoms with Gasteiger partial charge in [0.1, 0.15) is 5.69 Å². The molecule has 0 amide bonds. The summed E-state index contributed by atoms with van der Waals surface area (Å²) in [6.45, 7) is 2.90. The lowest BCUT2D eigenvalue weighted by Crippen LogP contribution is -2.73. The Morgan fingerprint density at radius 3 is 2.79 bits per heavy atom. The summed E-state index contributed by atoms with van der Waals surface area (Å²) in [6, 6.07) is 20.2. The van der Waals surface area contributed by atoms with Crippen LogP contribution in [-0.2, 0) is 24.7 Å². The number of aromatic nitrogens is 2. The molecule has 1 fully saturated rings. The van der Waals surface area contributed by atoms with E-state index in [1.165, 1.54) is 11.1 Å². The van der Waals surface area contributed by atoms with Crippen LogP contribution < -0.4 is 5.32 Å². The first kappa shape index (κ1) is 20.1. The van der Waals surface area contributed by atoms with Gasteiger partial charge in [0.05, 0.1) is 16.8 Å². The number of nitrogens with zero attached hydrogens (tertiary/aromatic N) is 1. The number of fused-ring (bicyclic) bond motifs is 3. The first-order chi connectivity index (χ1) is 16.5. The minimum atomic E-state index is -0.874. The van der Waals surface area contributed by atoms with Crippen LogP contribution in [0.5, 0.6) is 0 Å². The number of benzene rings is 2. The number of aromatic amines is 1. The van der Waals surface area contributed by atoms with Gasteiger partial charge in [0, 0.05) is 35.4 Å². The second-order valence-electron chi connectivity index (χ2n) is 10.3. The largest absolute Gasteiger partial charge is 0.387 e. The van der Waals surface area contributed by atoms with Gasteiger partial charge in [-0.25, -0.2) is 4.98 Å². The van der Waals surface area contributed by atoms with Gasteiger partial charge in [-0.3, -0.25) is 4.79 Å². The highest BCUT2D eigenvalue weighted by Gasteiger charge is 2.62. The van der Waals surface area contributed by atoms with Crippen molar-refractivity contribution >= 4 is 16.7 Å². The number of piperidine rings is 1. The quantitative estimate of drug-likeness (QED) is 0.407. The molecular formula is C29H27N3O2. The fourth-order valence-corrected chi connectivity index (χ4v) is 7.01. The van der Waals surface area contributed by atoms with E-state index in [1.807, 2.05) is 43.3 Å². The fourth-order valence-electron chi connectivity index (χ4n) is 7.01. The lowest BCUT2D eigenvalue weighted by atomic mass is 9.50. The summed E-state index contributed by atoms with van der Waals surface area (Å²) >= 11 is 0. The highest BCUT2D eigenvalue weighted by Crippen LogP contribution is 2.55. The Morgan fingerprint density at radius 2 is 1.88 bits per heavy atom. The normalized spacial score (nSPS) is 27.1. The van der Waals surface area contributed by atoms with Crippen molar-refractivity contribution in [2.24, 2.45) is 0 Å². The van der Waals surface area contributed by atoms with Crippen LogP contribution >= 0.6 is 0 Å². The van der Waals surface area contributed by atoms with Gasteiger partial charge >= 0.3 is 0 Å². The molecule has 5 nitrogen and oxygen atoms in total. The van der Waals surface area contributed by atoms with Crippen molar-refractivity contribution in [2.75, 3.05) is 6.54 Å². The summed E-state index contributed by atoms with van der Waals surface area (Å²) in [7, 11) is 0. The Hall–Kier alpha value is -3.28. The lowest BCUT2D eigenvalue weighted by molar-refractivity contribution is -0.106. The number of ketones is 1. The Kier molecular flexibility index (Phi) is 4.07. The van der Waals surface area contributed by atoms with Gasteiger partial charge in [0.15, 0.2) is 0 Å². The Labute approximate surface area is 198 Å². The third kappa shape index (κ3) is 2.51. The Balaban J connectivity index is 1.35. The smallest absolute Gasteiger partial charge is 0.227 e. The molecule has 3 atom stereocenters. The zero-order valence-electron chi connectivity index (χ0n) is 19.2. The molecule has 3 heterocycles. The van der Waals surface area contributed by atoms with E-state index >= 15 is 0 Å². The van der Waals surface area contributed by atoms with Crippen molar-refractivity contribution in [1.82, 2.24) is 15.3 Å². The summed E-state index contributed by atoms with van der Waals surface area (Å²) in [5.41, 5.74) is 6.37. The minimum Gasteiger partial charge on any atom is -0.387 e. The monoisotopic (exact) mass is 449 g/mol. The minimum absolute atomic E-state index is 0.0138. The highest BCUT2D eigenvalue weighted by molar-refractivity contribution is 6.08. The van der Waals surface area contributed by atoms with Crippen molar-refractivity contribution < 1.29 is 9.90 Å². The number of rotatable bonds is 2. The fraction of sp³-hybridized carbons (Fsp3) is 0.310. The van der Waals surface area contributed by atoms with Gasteiger partial charge < -0.3 is 15.4 Å². The first-order valence-corrected chi connectivity index (χ1v) is 12.2. The number of H-pyrrole nitrogens is 1. The molecule has 2 bridgehead atoms. The van der Waals surface area contributed by atoms with E-state index in [4.69, 9.17) is 0 Å². The molecule has 0 unspecified atom stereocenters. The molecule has 1 saturated heterocycles. The Bertz CT molecular complexity index is 1490. The van der Waals surface area contributed by atoms with Gasteiger partial charge in [-0.1, -0.05) is 48.5 Å². The second-order valence-corrected chi connectivity index (χ2v) is 10.3. The van der Waals surface area contributed by atoms with E-state index < -0.39 is 5.60 Å². The molecule has 4 aromatic rings. The van der Waals surface area contributed by atoms with Crippen molar-refractivity contribution in [3.8, 4) is 0 Å². The van der Waals surface area contributed by atoms with Crippen molar-refractivity contribution in [3.05, 3.63) is 100.0 Å². The number of aliphatic hydroxyl groups is 1. The van der Waals surface area contributed by atoms with Crippen LogP contribution in [0.15, 0.2) is 60.7 Å². The molecule has 5 heteroatoms. The van der Waals surface area contributed by atoms with E-state index in [0.717, 1.165) is 47.1 Å². The SMILES string of the molecule is Cc1c(C(=O)c2ccc3ccccc3n2)[nH]c2c1C[C@@]1(O)[C@@H]3Cc4ccccc4[C@@]1(CCN3)C2. The summed E-state index contributed by atoms with van der Waals surface area (Å²) in [4.78, 5) is 21.7. The van der Waals surface area contributed by atoms with Crippen molar-refractivity contribution in [2.45, 2.75) is 49.7 Å². The predicted octanol–water partition coefficient (Wildman–Crippen LogP) is 3.79. The maximum absolute atomic E-state index is 13.6. The van der Waals surface area contributed by atoms with Gasteiger partial charge in [0.2, 0.25) is 5.78 Å². The molecular weight excluding hydrogens is 422 g/mol. The van der Waals surface area contributed by atoms with Crippen LogP contribution in [0.1, 0.15) is 50.6 Å². The standard InChI is InChI=1S/C29H27N3O2/c1-17-20-15-29(34)25-14-19-7-2-4-8-21(19)28(29,12-13-30-25)16-24(20)32-26(17)27(33)23-11-10-18-6-3-5-9-22(18)31-23/h2-11,25,30,32,34H,12-16H2,1H3/t25-,28+,29+/m0/s1. The molecule has 1 aliphatic heterocycles. The van der Waals surface area contributed by atoms with Crippen LogP contribution in [0.4, 0.5) is 0 Å². The molecule has 2 aliphatic carbocycles. The topological polar surface area (TPSA) is 78.0 Å². The summed E-state index contributed by atoms with van der Waals surface area (Å²) in [6.07, 6.45) is 2.98. The summed E-state index contributed by atoms with van der Waals surface area (Å²) in [5, 5.41) is 16.9. The first-order valence-electron chi connectivity index (χ1n) is 12.2. The number of pyridine rings is 1. The van der Waals surface area contributed by atoms with E-state index in [2.05, 4.69) is 39.6 Å². The van der Waals surface area contributed by atoms with Crippen LogP contribution in [0.2, 0.25) is 0 Å². The average Bonchev–Trinajstić information content (AvgIpc) is 3.16. The molecule has 2 aromatic carbocycles. The maximum Gasteiger partial charge on any atom is 0.227 e.